The van der Waals surface area contributed by atoms with E-state index in [2.05, 4.69) is 23.0 Å². The summed E-state index contributed by atoms with van der Waals surface area (Å²) in [6, 6.07) is 2.24. The van der Waals surface area contributed by atoms with Gasteiger partial charge in [0, 0.05) is 25.0 Å². The Morgan fingerprint density at radius 2 is 2.16 bits per heavy atom. The molecular weight excluding hydrogens is 236 g/mol. The molecule has 19 heavy (non-hydrogen) atoms. The first kappa shape index (κ1) is 13.2. The molecule has 0 aromatic carbocycles. The minimum absolute atomic E-state index is 0.121. The molecule has 2 aliphatic rings. The SMILES string of the molecule is CC(N)c1ccn(CC2CCC3(CCCCC3)O2)c1. The molecule has 0 amide bonds. The topological polar surface area (TPSA) is 40.2 Å². The maximum absolute atomic E-state index is 6.41. The van der Waals surface area contributed by atoms with Crippen molar-refractivity contribution in [3.05, 3.63) is 24.0 Å². The number of nitrogens with two attached hydrogens (primary N) is 1. The van der Waals surface area contributed by atoms with E-state index in [1.807, 2.05) is 6.92 Å². The Hall–Kier alpha value is -0.800. The zero-order valence-electron chi connectivity index (χ0n) is 12.0. The highest BCUT2D eigenvalue weighted by Crippen LogP contribution is 2.42. The van der Waals surface area contributed by atoms with Crippen LogP contribution in [-0.2, 0) is 11.3 Å². The Bertz CT molecular complexity index is 418. The largest absolute Gasteiger partial charge is 0.370 e. The Morgan fingerprint density at radius 1 is 1.37 bits per heavy atom. The molecule has 3 heteroatoms. The van der Waals surface area contributed by atoms with Gasteiger partial charge in [-0.3, -0.25) is 0 Å². The Kier molecular flexibility index (Phi) is 3.68. The number of ether oxygens (including phenoxy) is 1. The van der Waals surface area contributed by atoms with Crippen molar-refractivity contribution in [2.75, 3.05) is 0 Å². The van der Waals surface area contributed by atoms with Crippen molar-refractivity contribution in [1.82, 2.24) is 4.57 Å². The van der Waals surface area contributed by atoms with E-state index in [1.165, 1.54) is 50.5 Å². The lowest BCUT2D eigenvalue weighted by molar-refractivity contribution is -0.0679. The van der Waals surface area contributed by atoms with E-state index in [-0.39, 0.29) is 11.6 Å². The van der Waals surface area contributed by atoms with Gasteiger partial charge in [-0.15, -0.1) is 0 Å². The van der Waals surface area contributed by atoms with Crippen LogP contribution in [0.4, 0.5) is 0 Å². The fourth-order valence-corrected chi connectivity index (χ4v) is 3.67. The predicted octanol–water partition coefficient (Wildman–Crippen LogP) is 3.39. The molecule has 106 valence electrons. The third kappa shape index (κ3) is 2.87. The molecule has 2 atom stereocenters. The van der Waals surface area contributed by atoms with Crippen molar-refractivity contribution in [3.63, 3.8) is 0 Å². The fraction of sp³-hybridized carbons (Fsp3) is 0.750. The highest BCUT2D eigenvalue weighted by molar-refractivity contribution is 5.14. The van der Waals surface area contributed by atoms with Gasteiger partial charge in [0.25, 0.3) is 0 Å². The smallest absolute Gasteiger partial charge is 0.0762 e. The molecule has 2 N–H and O–H groups in total. The van der Waals surface area contributed by atoms with Gasteiger partial charge in [0.2, 0.25) is 0 Å². The lowest BCUT2D eigenvalue weighted by atomic mass is 9.83. The maximum atomic E-state index is 6.41. The van der Waals surface area contributed by atoms with Crippen molar-refractivity contribution in [3.8, 4) is 0 Å². The summed E-state index contributed by atoms with van der Waals surface area (Å²) in [6.45, 7) is 3.01. The number of nitrogens with zero attached hydrogens (tertiary/aromatic N) is 1. The first-order valence-electron chi connectivity index (χ1n) is 7.76. The number of hydrogen-bond acceptors (Lipinski definition) is 2. The molecule has 3 rings (SSSR count). The van der Waals surface area contributed by atoms with Gasteiger partial charge in [-0.2, -0.15) is 0 Å². The van der Waals surface area contributed by atoms with E-state index < -0.39 is 0 Å². The Morgan fingerprint density at radius 3 is 2.84 bits per heavy atom. The first-order valence-corrected chi connectivity index (χ1v) is 7.76. The van der Waals surface area contributed by atoms with E-state index in [0.29, 0.717) is 6.10 Å². The van der Waals surface area contributed by atoms with Crippen LogP contribution in [-0.4, -0.2) is 16.3 Å². The zero-order chi connectivity index (χ0) is 13.3. The molecule has 1 aromatic heterocycles. The molecule has 1 aliphatic carbocycles. The van der Waals surface area contributed by atoms with Crippen LogP contribution in [0.1, 0.15) is 63.5 Å². The van der Waals surface area contributed by atoms with Gasteiger partial charge < -0.3 is 15.0 Å². The molecule has 0 bridgehead atoms. The van der Waals surface area contributed by atoms with Crippen molar-refractivity contribution in [2.24, 2.45) is 5.73 Å². The van der Waals surface area contributed by atoms with Gasteiger partial charge in [0.15, 0.2) is 0 Å². The zero-order valence-corrected chi connectivity index (χ0v) is 12.0. The van der Waals surface area contributed by atoms with Crippen LogP contribution in [0.25, 0.3) is 0 Å². The van der Waals surface area contributed by atoms with E-state index in [9.17, 15) is 0 Å². The molecule has 1 aliphatic heterocycles. The van der Waals surface area contributed by atoms with Crippen LogP contribution < -0.4 is 5.73 Å². The quantitative estimate of drug-likeness (QED) is 0.907. The third-order valence-corrected chi connectivity index (χ3v) is 4.82. The molecule has 2 fully saturated rings. The van der Waals surface area contributed by atoms with Crippen molar-refractivity contribution < 1.29 is 4.74 Å². The standard InChI is InChI=1S/C16H26N2O/c1-13(17)14-6-10-18(11-14)12-15-5-9-16(19-15)7-3-2-4-8-16/h6,10-11,13,15H,2-5,7-9,12,17H2,1H3. The fourth-order valence-electron chi connectivity index (χ4n) is 3.67. The second kappa shape index (κ2) is 5.29. The van der Waals surface area contributed by atoms with Gasteiger partial charge >= 0.3 is 0 Å². The van der Waals surface area contributed by atoms with Crippen LogP contribution in [0.3, 0.4) is 0 Å². The van der Waals surface area contributed by atoms with Gasteiger partial charge in [0.1, 0.15) is 0 Å². The van der Waals surface area contributed by atoms with Crippen molar-refractivity contribution >= 4 is 0 Å². The van der Waals surface area contributed by atoms with Crippen LogP contribution >= 0.6 is 0 Å². The van der Waals surface area contributed by atoms with Gasteiger partial charge in [0.05, 0.1) is 11.7 Å². The van der Waals surface area contributed by atoms with Gasteiger partial charge in [-0.05, 0) is 44.2 Å². The summed E-state index contributed by atoms with van der Waals surface area (Å²) in [5.41, 5.74) is 7.35. The molecule has 1 saturated heterocycles. The van der Waals surface area contributed by atoms with E-state index in [1.54, 1.807) is 0 Å². The minimum atomic E-state index is 0.121. The van der Waals surface area contributed by atoms with Crippen LogP contribution in [0, 0.1) is 0 Å². The first-order chi connectivity index (χ1) is 9.17. The second-order valence-corrected chi connectivity index (χ2v) is 6.45. The minimum Gasteiger partial charge on any atom is -0.370 e. The van der Waals surface area contributed by atoms with E-state index >= 15 is 0 Å². The Balaban J connectivity index is 1.58. The molecule has 0 radical (unpaired) electrons. The summed E-state index contributed by atoms with van der Waals surface area (Å²) >= 11 is 0. The highest BCUT2D eigenvalue weighted by Gasteiger charge is 2.40. The average molecular weight is 262 g/mol. The molecule has 2 heterocycles. The molecule has 1 spiro atoms. The molecular formula is C16H26N2O. The van der Waals surface area contributed by atoms with Gasteiger partial charge in [-0.25, -0.2) is 0 Å². The third-order valence-electron chi connectivity index (χ3n) is 4.82. The number of aromatic nitrogens is 1. The normalized spacial score (nSPS) is 27.8. The maximum Gasteiger partial charge on any atom is 0.0762 e. The van der Waals surface area contributed by atoms with E-state index in [0.717, 1.165) is 6.54 Å². The lowest BCUT2D eigenvalue weighted by Gasteiger charge is -2.33. The van der Waals surface area contributed by atoms with Crippen molar-refractivity contribution in [1.29, 1.82) is 0 Å². The summed E-state index contributed by atoms with van der Waals surface area (Å²) in [5.74, 6) is 0. The van der Waals surface area contributed by atoms with E-state index in [4.69, 9.17) is 10.5 Å². The molecule has 1 saturated carbocycles. The summed E-state index contributed by atoms with van der Waals surface area (Å²) in [7, 11) is 0. The average Bonchev–Trinajstić information content (AvgIpc) is 2.99. The summed E-state index contributed by atoms with van der Waals surface area (Å²) in [6.07, 6.45) is 13.8. The van der Waals surface area contributed by atoms with Crippen LogP contribution in [0.15, 0.2) is 18.5 Å². The molecule has 1 aromatic rings. The van der Waals surface area contributed by atoms with Crippen LogP contribution in [0.2, 0.25) is 0 Å². The van der Waals surface area contributed by atoms with Crippen molar-refractivity contribution in [2.45, 2.75) is 76.2 Å². The number of rotatable bonds is 3. The second-order valence-electron chi connectivity index (χ2n) is 6.45. The molecule has 2 unspecified atom stereocenters. The van der Waals surface area contributed by atoms with Gasteiger partial charge in [-0.1, -0.05) is 19.3 Å². The van der Waals surface area contributed by atoms with Crippen LogP contribution in [0.5, 0.6) is 0 Å². The summed E-state index contributed by atoms with van der Waals surface area (Å²) < 4.78 is 8.65. The summed E-state index contributed by atoms with van der Waals surface area (Å²) in [5, 5.41) is 0. The Labute approximate surface area is 116 Å². The molecule has 3 nitrogen and oxygen atoms in total. The number of hydrogen-bond donors (Lipinski definition) is 1. The predicted molar refractivity (Wildman–Crippen MR) is 77.0 cm³/mol. The summed E-state index contributed by atoms with van der Waals surface area (Å²) in [4.78, 5) is 0. The highest BCUT2D eigenvalue weighted by atomic mass is 16.5. The monoisotopic (exact) mass is 262 g/mol. The lowest BCUT2D eigenvalue weighted by Crippen LogP contribution is -2.32.